The van der Waals surface area contributed by atoms with E-state index in [2.05, 4.69) is 6.92 Å². The Balaban J connectivity index is 3.79. The van der Waals surface area contributed by atoms with E-state index in [-0.39, 0.29) is 6.23 Å². The lowest BCUT2D eigenvalue weighted by atomic mass is 10.4. The van der Waals surface area contributed by atoms with Crippen molar-refractivity contribution >= 4 is 21.2 Å². The van der Waals surface area contributed by atoms with Gasteiger partial charge in [0.05, 0.1) is 0 Å². The minimum atomic E-state index is -2.31. The standard InChI is InChI=1S/C9H18O5Si/c1-4-5-6-12-7-15(13-8(2)10)14-9(3)11/h15H,4-7H2,1-3H3. The Morgan fingerprint density at radius 3 is 2.07 bits per heavy atom. The number of carbonyl (C=O) groups excluding carboxylic acids is 2. The molecule has 0 aliphatic carbocycles. The average Bonchev–Trinajstić information content (AvgIpc) is 2.10. The van der Waals surface area contributed by atoms with Gasteiger partial charge in [-0.1, -0.05) is 13.3 Å². The van der Waals surface area contributed by atoms with E-state index in [4.69, 9.17) is 13.6 Å². The fourth-order valence-electron chi connectivity index (χ4n) is 0.888. The summed E-state index contributed by atoms with van der Waals surface area (Å²) in [5.74, 6) is -0.876. The van der Waals surface area contributed by atoms with Crippen molar-refractivity contribution in [2.45, 2.75) is 33.6 Å². The lowest BCUT2D eigenvalue weighted by Crippen LogP contribution is -2.33. The van der Waals surface area contributed by atoms with Crippen molar-refractivity contribution in [3.63, 3.8) is 0 Å². The molecule has 88 valence electrons. The van der Waals surface area contributed by atoms with Crippen LogP contribution in [0, 0.1) is 0 Å². The maximum Gasteiger partial charge on any atom is 0.474 e. The second kappa shape index (κ2) is 8.43. The molecule has 0 atom stereocenters. The van der Waals surface area contributed by atoms with Crippen molar-refractivity contribution in [3.05, 3.63) is 0 Å². The predicted molar refractivity (Wildman–Crippen MR) is 56.4 cm³/mol. The van der Waals surface area contributed by atoms with Crippen LogP contribution in [0.25, 0.3) is 0 Å². The predicted octanol–water partition coefficient (Wildman–Crippen LogP) is 0.689. The Hall–Kier alpha value is -0.883. The minimum absolute atomic E-state index is 0.221. The third-order valence-corrected chi connectivity index (χ3v) is 3.19. The third kappa shape index (κ3) is 9.42. The highest BCUT2D eigenvalue weighted by Gasteiger charge is 2.20. The van der Waals surface area contributed by atoms with Crippen LogP contribution >= 0.6 is 0 Å². The Kier molecular flexibility index (Phi) is 7.93. The zero-order valence-electron chi connectivity index (χ0n) is 9.45. The van der Waals surface area contributed by atoms with Gasteiger partial charge < -0.3 is 13.6 Å². The first-order chi connectivity index (χ1) is 7.06. The van der Waals surface area contributed by atoms with Crippen molar-refractivity contribution in [2.24, 2.45) is 0 Å². The van der Waals surface area contributed by atoms with Gasteiger partial charge in [-0.2, -0.15) is 0 Å². The van der Waals surface area contributed by atoms with Crippen molar-refractivity contribution in [2.75, 3.05) is 12.8 Å². The van der Waals surface area contributed by atoms with E-state index in [0.29, 0.717) is 6.61 Å². The van der Waals surface area contributed by atoms with Gasteiger partial charge in [0.15, 0.2) is 0 Å². The zero-order chi connectivity index (χ0) is 11.7. The van der Waals surface area contributed by atoms with Gasteiger partial charge >= 0.3 is 9.28 Å². The van der Waals surface area contributed by atoms with Crippen LogP contribution in [0.3, 0.4) is 0 Å². The molecule has 0 unspecified atom stereocenters. The maximum absolute atomic E-state index is 10.7. The molecule has 0 saturated carbocycles. The van der Waals surface area contributed by atoms with Crippen LogP contribution in [0.5, 0.6) is 0 Å². The van der Waals surface area contributed by atoms with Crippen LogP contribution in [-0.2, 0) is 23.2 Å². The number of unbranched alkanes of at least 4 members (excludes halogenated alkanes) is 1. The number of hydrogen-bond acceptors (Lipinski definition) is 5. The van der Waals surface area contributed by atoms with Gasteiger partial charge in [0.1, 0.15) is 6.23 Å². The Bertz CT molecular complexity index is 191. The van der Waals surface area contributed by atoms with Crippen molar-refractivity contribution in [1.82, 2.24) is 0 Å². The first-order valence-electron chi connectivity index (χ1n) is 4.98. The molecule has 5 nitrogen and oxygen atoms in total. The SMILES string of the molecule is CCCCOC[SiH](OC(C)=O)OC(C)=O. The number of rotatable bonds is 7. The van der Waals surface area contributed by atoms with Gasteiger partial charge in [-0.3, -0.25) is 9.59 Å². The molecular formula is C9H18O5Si. The second-order valence-corrected chi connectivity index (χ2v) is 4.74. The molecule has 0 fully saturated rings. The molecule has 0 aromatic heterocycles. The van der Waals surface area contributed by atoms with Crippen LogP contribution in [0.15, 0.2) is 0 Å². The van der Waals surface area contributed by atoms with Gasteiger partial charge in [0.25, 0.3) is 11.9 Å². The van der Waals surface area contributed by atoms with Crippen molar-refractivity contribution < 1.29 is 23.2 Å². The van der Waals surface area contributed by atoms with Gasteiger partial charge in [-0.15, -0.1) is 0 Å². The average molecular weight is 234 g/mol. The van der Waals surface area contributed by atoms with Gasteiger partial charge in [0, 0.05) is 20.5 Å². The molecule has 6 heteroatoms. The summed E-state index contributed by atoms with van der Waals surface area (Å²) < 4.78 is 15.0. The number of ether oxygens (including phenoxy) is 1. The van der Waals surface area contributed by atoms with E-state index in [9.17, 15) is 9.59 Å². The summed E-state index contributed by atoms with van der Waals surface area (Å²) in [6, 6.07) is 0. The molecule has 0 bridgehead atoms. The first-order valence-corrected chi connectivity index (χ1v) is 6.74. The zero-order valence-corrected chi connectivity index (χ0v) is 10.6. The molecule has 0 spiro atoms. The fraction of sp³-hybridized carbons (Fsp3) is 0.778. The summed E-state index contributed by atoms with van der Waals surface area (Å²) in [7, 11) is -2.31. The highest BCUT2D eigenvalue weighted by Crippen LogP contribution is 1.95. The normalized spacial score (nSPS) is 10.1. The van der Waals surface area contributed by atoms with E-state index in [1.165, 1.54) is 13.8 Å². The van der Waals surface area contributed by atoms with Crippen molar-refractivity contribution in [3.8, 4) is 0 Å². The van der Waals surface area contributed by atoms with Crippen LogP contribution in [0.4, 0.5) is 0 Å². The van der Waals surface area contributed by atoms with Gasteiger partial charge in [-0.25, -0.2) is 0 Å². The van der Waals surface area contributed by atoms with Gasteiger partial charge in [-0.05, 0) is 6.42 Å². The number of hydrogen-bond donors (Lipinski definition) is 0. The molecule has 0 rings (SSSR count). The first kappa shape index (κ1) is 14.1. The molecule has 0 aromatic rings. The lowest BCUT2D eigenvalue weighted by Gasteiger charge is -2.14. The maximum atomic E-state index is 10.7. The minimum Gasteiger partial charge on any atom is -0.486 e. The summed E-state index contributed by atoms with van der Waals surface area (Å²) in [5.41, 5.74) is 0. The number of carbonyl (C=O) groups is 2. The van der Waals surface area contributed by atoms with E-state index >= 15 is 0 Å². The Morgan fingerprint density at radius 1 is 1.13 bits per heavy atom. The van der Waals surface area contributed by atoms with E-state index in [1.807, 2.05) is 0 Å². The fourth-order valence-corrected chi connectivity index (χ4v) is 2.17. The molecule has 0 aromatic carbocycles. The largest absolute Gasteiger partial charge is 0.486 e. The second-order valence-electron chi connectivity index (χ2n) is 3.08. The monoisotopic (exact) mass is 234 g/mol. The quantitative estimate of drug-likeness (QED) is 0.479. The molecule has 0 aliphatic heterocycles. The summed E-state index contributed by atoms with van der Waals surface area (Å²) >= 11 is 0. The third-order valence-electron chi connectivity index (χ3n) is 1.49. The smallest absolute Gasteiger partial charge is 0.474 e. The van der Waals surface area contributed by atoms with Crippen LogP contribution in [0.2, 0.25) is 0 Å². The summed E-state index contributed by atoms with van der Waals surface area (Å²) in [6.45, 7) is 5.23. The van der Waals surface area contributed by atoms with Crippen LogP contribution < -0.4 is 0 Å². The van der Waals surface area contributed by atoms with Crippen molar-refractivity contribution in [1.29, 1.82) is 0 Å². The molecule has 0 amide bonds. The van der Waals surface area contributed by atoms with E-state index in [1.54, 1.807) is 0 Å². The van der Waals surface area contributed by atoms with E-state index < -0.39 is 21.2 Å². The molecule has 0 aliphatic rings. The Labute approximate surface area is 91.5 Å². The molecule has 0 N–H and O–H groups in total. The Morgan fingerprint density at radius 2 is 1.67 bits per heavy atom. The lowest BCUT2D eigenvalue weighted by molar-refractivity contribution is -0.138. The van der Waals surface area contributed by atoms with Crippen LogP contribution in [0.1, 0.15) is 33.6 Å². The summed E-state index contributed by atoms with van der Waals surface area (Å²) in [4.78, 5) is 21.4. The molecule has 0 heterocycles. The van der Waals surface area contributed by atoms with E-state index in [0.717, 1.165) is 12.8 Å². The van der Waals surface area contributed by atoms with Gasteiger partial charge in [0.2, 0.25) is 0 Å². The van der Waals surface area contributed by atoms with Crippen LogP contribution in [-0.4, -0.2) is 34.1 Å². The highest BCUT2D eigenvalue weighted by molar-refractivity contribution is 6.48. The molecule has 0 saturated heterocycles. The molecule has 15 heavy (non-hydrogen) atoms. The highest BCUT2D eigenvalue weighted by atomic mass is 28.3. The summed E-state index contributed by atoms with van der Waals surface area (Å²) in [6.07, 6.45) is 2.20. The molecular weight excluding hydrogens is 216 g/mol. The molecule has 0 radical (unpaired) electrons. The topological polar surface area (TPSA) is 61.8 Å². The summed E-state index contributed by atoms with van der Waals surface area (Å²) in [5, 5.41) is 0.